The molecule has 0 fully saturated rings. The van der Waals surface area contributed by atoms with Gasteiger partial charge in [-0.1, -0.05) is 18.2 Å². The maximum absolute atomic E-state index is 13.1. The summed E-state index contributed by atoms with van der Waals surface area (Å²) in [7, 11) is 0. The number of halogens is 1. The number of nitrogens with one attached hydrogen (secondary N) is 2. The lowest BCUT2D eigenvalue weighted by molar-refractivity contribution is -0.117. The van der Waals surface area contributed by atoms with Crippen molar-refractivity contribution in [3.63, 3.8) is 0 Å². The third kappa shape index (κ3) is 3.98. The summed E-state index contributed by atoms with van der Waals surface area (Å²) in [6.45, 7) is 1.52. The summed E-state index contributed by atoms with van der Waals surface area (Å²) in [5.74, 6) is -0.516. The van der Waals surface area contributed by atoms with Gasteiger partial charge in [0.1, 0.15) is 12.4 Å². The molecular formula is C20H17FN6O2. The van der Waals surface area contributed by atoms with Crippen LogP contribution < -0.4 is 16.3 Å². The molecule has 2 aromatic carbocycles. The Morgan fingerprint density at radius 2 is 1.79 bits per heavy atom. The minimum atomic E-state index is -0.514. The molecular weight excluding hydrogens is 375 g/mol. The average Bonchev–Trinajstić information content (AvgIpc) is 2.99. The second-order valence-corrected chi connectivity index (χ2v) is 6.40. The van der Waals surface area contributed by atoms with E-state index in [0.717, 1.165) is 4.68 Å². The lowest BCUT2D eigenvalue weighted by Gasteiger charge is -2.07. The number of hydrogen-bond donors (Lipinski definition) is 2. The minimum Gasteiger partial charge on any atom is -0.325 e. The zero-order valence-electron chi connectivity index (χ0n) is 15.5. The average molecular weight is 392 g/mol. The summed E-state index contributed by atoms with van der Waals surface area (Å²) in [6.07, 6.45) is 0. The van der Waals surface area contributed by atoms with Gasteiger partial charge in [0.25, 0.3) is 0 Å². The fraction of sp³-hybridized carbons (Fsp3) is 0.100. The fourth-order valence-electron chi connectivity index (χ4n) is 2.86. The Labute approximate surface area is 164 Å². The van der Waals surface area contributed by atoms with E-state index in [-0.39, 0.29) is 24.2 Å². The second-order valence-electron chi connectivity index (χ2n) is 6.40. The molecule has 0 spiro atoms. The molecule has 0 unspecified atom stereocenters. The Kier molecular flexibility index (Phi) is 4.78. The highest BCUT2D eigenvalue weighted by molar-refractivity contribution is 5.90. The van der Waals surface area contributed by atoms with Gasteiger partial charge in [-0.05, 0) is 43.3 Å². The van der Waals surface area contributed by atoms with E-state index in [2.05, 4.69) is 20.7 Å². The molecule has 2 aromatic heterocycles. The van der Waals surface area contributed by atoms with Crippen LogP contribution in [0, 0.1) is 12.7 Å². The van der Waals surface area contributed by atoms with E-state index in [9.17, 15) is 14.0 Å². The molecule has 4 aromatic rings. The van der Waals surface area contributed by atoms with E-state index in [1.807, 2.05) is 6.07 Å². The number of aromatic nitrogens is 4. The van der Waals surface area contributed by atoms with Gasteiger partial charge in [0.15, 0.2) is 5.65 Å². The number of aryl methyl sites for hydroxylation is 1. The van der Waals surface area contributed by atoms with Crippen molar-refractivity contribution < 1.29 is 9.18 Å². The van der Waals surface area contributed by atoms with E-state index < -0.39 is 5.69 Å². The van der Waals surface area contributed by atoms with Crippen molar-refractivity contribution in [1.29, 1.82) is 0 Å². The van der Waals surface area contributed by atoms with Gasteiger partial charge in [-0.15, -0.1) is 5.10 Å². The molecule has 146 valence electrons. The molecule has 0 saturated heterocycles. The van der Waals surface area contributed by atoms with E-state index in [4.69, 9.17) is 0 Å². The summed E-state index contributed by atoms with van der Waals surface area (Å²) < 4.78 is 15.5. The summed E-state index contributed by atoms with van der Waals surface area (Å²) in [4.78, 5) is 29.5. The lowest BCUT2D eigenvalue weighted by atomic mass is 10.3. The van der Waals surface area contributed by atoms with Crippen molar-refractivity contribution in [2.75, 3.05) is 10.6 Å². The number of benzene rings is 2. The largest absolute Gasteiger partial charge is 0.353 e. The van der Waals surface area contributed by atoms with Gasteiger partial charge in [0, 0.05) is 23.1 Å². The van der Waals surface area contributed by atoms with Gasteiger partial charge in [-0.3, -0.25) is 4.79 Å². The molecule has 0 bridgehead atoms. The van der Waals surface area contributed by atoms with E-state index in [0.29, 0.717) is 22.7 Å². The predicted molar refractivity (Wildman–Crippen MR) is 107 cm³/mol. The number of nitrogens with zero attached hydrogens (tertiary/aromatic N) is 4. The number of hydrogen-bond acceptors (Lipinski definition) is 5. The van der Waals surface area contributed by atoms with Gasteiger partial charge in [0.2, 0.25) is 11.9 Å². The standard InChI is InChI=1S/C20H17FN6O2/c1-13-11-17-25-26(12-18(28)23-15-5-3-2-4-6-15)20(29)27(17)19(22-13)24-16-9-7-14(21)8-10-16/h2-11H,12H2,1H3,(H,22,24)(H,23,28). The number of fused-ring (bicyclic) bond motifs is 1. The molecule has 29 heavy (non-hydrogen) atoms. The monoisotopic (exact) mass is 392 g/mol. The molecule has 1 amide bonds. The Balaban J connectivity index is 1.65. The molecule has 0 aliphatic heterocycles. The number of carbonyl (C=O) groups is 1. The van der Waals surface area contributed by atoms with Crippen molar-refractivity contribution in [3.05, 3.63) is 82.7 Å². The highest BCUT2D eigenvalue weighted by atomic mass is 19.1. The van der Waals surface area contributed by atoms with Crippen molar-refractivity contribution in [1.82, 2.24) is 19.2 Å². The summed E-state index contributed by atoms with van der Waals surface area (Å²) in [5.41, 5.74) is 1.66. The van der Waals surface area contributed by atoms with Crippen LogP contribution in [0.5, 0.6) is 0 Å². The molecule has 9 heteroatoms. The molecule has 2 N–H and O–H groups in total. The smallest absolute Gasteiger partial charge is 0.325 e. The fourth-order valence-corrected chi connectivity index (χ4v) is 2.86. The first-order valence-electron chi connectivity index (χ1n) is 8.84. The first-order valence-corrected chi connectivity index (χ1v) is 8.84. The maximum Gasteiger partial charge on any atom is 0.353 e. The second kappa shape index (κ2) is 7.55. The minimum absolute atomic E-state index is 0.228. The molecule has 0 radical (unpaired) electrons. The van der Waals surface area contributed by atoms with Crippen LogP contribution in [0.4, 0.5) is 21.7 Å². The van der Waals surface area contributed by atoms with Gasteiger partial charge in [-0.2, -0.15) is 0 Å². The Morgan fingerprint density at radius 1 is 1.07 bits per heavy atom. The normalized spacial score (nSPS) is 10.8. The zero-order valence-corrected chi connectivity index (χ0v) is 15.5. The van der Waals surface area contributed by atoms with Crippen LogP contribution in [0.25, 0.3) is 5.65 Å². The van der Waals surface area contributed by atoms with Crippen LogP contribution in [0.15, 0.2) is 65.5 Å². The van der Waals surface area contributed by atoms with Crippen LogP contribution in [0.3, 0.4) is 0 Å². The van der Waals surface area contributed by atoms with Crippen molar-refractivity contribution in [2.24, 2.45) is 0 Å². The van der Waals surface area contributed by atoms with Crippen LogP contribution >= 0.6 is 0 Å². The number of carbonyl (C=O) groups excluding carboxylic acids is 1. The Morgan fingerprint density at radius 3 is 2.52 bits per heavy atom. The van der Waals surface area contributed by atoms with Crippen molar-refractivity contribution in [2.45, 2.75) is 13.5 Å². The third-order valence-electron chi connectivity index (χ3n) is 4.15. The SMILES string of the molecule is Cc1cc2nn(CC(=O)Nc3ccccc3)c(=O)n2c(Nc2ccc(F)cc2)n1. The molecule has 0 aliphatic carbocycles. The Bertz CT molecular complexity index is 1230. The predicted octanol–water partition coefficient (Wildman–Crippen LogP) is 2.72. The van der Waals surface area contributed by atoms with Crippen LogP contribution in [-0.4, -0.2) is 25.1 Å². The van der Waals surface area contributed by atoms with Crippen LogP contribution in [-0.2, 0) is 11.3 Å². The molecule has 0 atom stereocenters. The summed E-state index contributed by atoms with van der Waals surface area (Å²) in [6, 6.07) is 16.3. The van der Waals surface area contributed by atoms with Crippen molar-refractivity contribution >= 4 is 28.9 Å². The van der Waals surface area contributed by atoms with Crippen LogP contribution in [0.2, 0.25) is 0 Å². The first kappa shape index (κ1) is 18.4. The molecule has 8 nitrogen and oxygen atoms in total. The lowest BCUT2D eigenvalue weighted by Crippen LogP contribution is -2.29. The zero-order chi connectivity index (χ0) is 20.4. The summed E-state index contributed by atoms with van der Waals surface area (Å²) in [5, 5.41) is 9.95. The molecule has 0 aliphatic rings. The maximum atomic E-state index is 13.1. The third-order valence-corrected chi connectivity index (χ3v) is 4.15. The number of para-hydroxylation sites is 1. The van der Waals surface area contributed by atoms with Gasteiger partial charge < -0.3 is 10.6 Å². The molecule has 2 heterocycles. The van der Waals surface area contributed by atoms with E-state index >= 15 is 0 Å². The number of anilines is 3. The Hall–Kier alpha value is -4.01. The molecule has 4 rings (SSSR count). The summed E-state index contributed by atoms with van der Waals surface area (Å²) >= 11 is 0. The molecule has 0 saturated carbocycles. The van der Waals surface area contributed by atoms with Gasteiger partial charge >= 0.3 is 5.69 Å². The highest BCUT2D eigenvalue weighted by Crippen LogP contribution is 2.16. The topological polar surface area (TPSA) is 93.3 Å². The quantitative estimate of drug-likeness (QED) is 0.545. The number of rotatable bonds is 5. The number of amides is 1. The van der Waals surface area contributed by atoms with Crippen molar-refractivity contribution in [3.8, 4) is 0 Å². The van der Waals surface area contributed by atoms with Crippen LogP contribution in [0.1, 0.15) is 5.69 Å². The van der Waals surface area contributed by atoms with E-state index in [1.54, 1.807) is 37.3 Å². The van der Waals surface area contributed by atoms with Gasteiger partial charge in [0.05, 0.1) is 0 Å². The highest BCUT2D eigenvalue weighted by Gasteiger charge is 2.15. The van der Waals surface area contributed by atoms with Gasteiger partial charge in [-0.25, -0.2) is 23.3 Å². The van der Waals surface area contributed by atoms with E-state index in [1.165, 1.54) is 28.7 Å². The first-order chi connectivity index (χ1) is 14.0.